The molecule has 0 radical (unpaired) electrons. The van der Waals surface area contributed by atoms with Gasteiger partial charge in [0.05, 0.1) is 5.56 Å². The van der Waals surface area contributed by atoms with E-state index in [9.17, 15) is 18.0 Å². The van der Waals surface area contributed by atoms with Crippen molar-refractivity contribution in [3.63, 3.8) is 0 Å². The lowest BCUT2D eigenvalue weighted by molar-refractivity contribution is -0.137. The summed E-state index contributed by atoms with van der Waals surface area (Å²) in [6, 6.07) is 21.6. The lowest BCUT2D eigenvalue weighted by Gasteiger charge is -2.22. The standard InChI is InChI=1S/C35H42F3N3O/c1-5-40(6-2)20-10-11-26(4)39-34(42)22-31(28-12-9-13-29(21-28)35(36,37)38)32-24-41(33-15-8-7-14-30(32)33)23-27-18-16-25(3)17-19-27/h7-9,12-19,21,24,26,31H,5-6,10-11,20,22-23H2,1-4H3,(H,39,42). The Labute approximate surface area is 247 Å². The molecule has 1 N–H and O–H groups in total. The Bertz CT molecular complexity index is 1450. The summed E-state index contributed by atoms with van der Waals surface area (Å²) >= 11 is 0. The van der Waals surface area contributed by atoms with E-state index >= 15 is 0 Å². The number of aryl methyl sites for hydroxylation is 1. The molecule has 7 heteroatoms. The number of benzene rings is 3. The first-order chi connectivity index (χ1) is 20.1. The number of rotatable bonds is 13. The van der Waals surface area contributed by atoms with E-state index in [1.807, 2.05) is 44.3 Å². The first-order valence-electron chi connectivity index (χ1n) is 14.9. The van der Waals surface area contributed by atoms with Gasteiger partial charge in [0, 0.05) is 42.0 Å². The van der Waals surface area contributed by atoms with Gasteiger partial charge in [-0.15, -0.1) is 0 Å². The van der Waals surface area contributed by atoms with Crippen molar-refractivity contribution < 1.29 is 18.0 Å². The van der Waals surface area contributed by atoms with Crippen LogP contribution in [-0.2, 0) is 17.5 Å². The molecule has 0 saturated heterocycles. The molecule has 0 saturated carbocycles. The number of alkyl halides is 3. The molecule has 4 nitrogen and oxygen atoms in total. The average Bonchev–Trinajstić information content (AvgIpc) is 3.33. The minimum absolute atomic E-state index is 0.0295. The zero-order chi connectivity index (χ0) is 30.3. The first kappa shape index (κ1) is 31.4. The van der Waals surface area contributed by atoms with Crippen LogP contribution in [0.5, 0.6) is 0 Å². The van der Waals surface area contributed by atoms with E-state index in [1.54, 1.807) is 6.07 Å². The second kappa shape index (κ2) is 14.1. The smallest absolute Gasteiger partial charge is 0.354 e. The zero-order valence-corrected chi connectivity index (χ0v) is 25.0. The predicted octanol–water partition coefficient (Wildman–Crippen LogP) is 8.17. The Kier molecular flexibility index (Phi) is 10.5. The van der Waals surface area contributed by atoms with Crippen LogP contribution in [0.1, 0.15) is 73.8 Å². The lowest BCUT2D eigenvalue weighted by atomic mass is 9.87. The summed E-state index contributed by atoms with van der Waals surface area (Å²) in [6.07, 6.45) is -0.600. The molecule has 0 aliphatic heterocycles. The van der Waals surface area contributed by atoms with Crippen LogP contribution < -0.4 is 5.32 Å². The fourth-order valence-corrected chi connectivity index (χ4v) is 5.67. The normalized spacial score (nSPS) is 13.4. The minimum Gasteiger partial charge on any atom is -0.354 e. The van der Waals surface area contributed by atoms with Gasteiger partial charge in [0.2, 0.25) is 5.91 Å². The Morgan fingerprint density at radius 3 is 2.38 bits per heavy atom. The van der Waals surface area contributed by atoms with Crippen molar-refractivity contribution in [2.75, 3.05) is 19.6 Å². The molecule has 1 amide bonds. The van der Waals surface area contributed by atoms with Gasteiger partial charge < -0.3 is 14.8 Å². The van der Waals surface area contributed by atoms with Crippen LogP contribution in [0.25, 0.3) is 10.9 Å². The molecule has 2 unspecified atom stereocenters. The minimum atomic E-state index is -4.47. The van der Waals surface area contributed by atoms with E-state index in [1.165, 1.54) is 17.7 Å². The van der Waals surface area contributed by atoms with Gasteiger partial charge in [0.1, 0.15) is 0 Å². The summed E-state index contributed by atoms with van der Waals surface area (Å²) < 4.78 is 43.3. The second-order valence-electron chi connectivity index (χ2n) is 11.2. The average molecular weight is 578 g/mol. The molecule has 42 heavy (non-hydrogen) atoms. The molecule has 2 atom stereocenters. The summed E-state index contributed by atoms with van der Waals surface area (Å²) in [6.45, 7) is 11.9. The monoisotopic (exact) mass is 577 g/mol. The molecular weight excluding hydrogens is 535 g/mol. The van der Waals surface area contributed by atoms with Crippen LogP contribution in [0.4, 0.5) is 13.2 Å². The van der Waals surface area contributed by atoms with E-state index in [-0.39, 0.29) is 18.4 Å². The van der Waals surface area contributed by atoms with E-state index in [2.05, 4.69) is 52.9 Å². The Morgan fingerprint density at radius 2 is 1.69 bits per heavy atom. The number of aromatic nitrogens is 1. The number of nitrogens with one attached hydrogen (secondary N) is 1. The maximum Gasteiger partial charge on any atom is 0.416 e. The van der Waals surface area contributed by atoms with Crippen molar-refractivity contribution in [2.24, 2.45) is 0 Å². The van der Waals surface area contributed by atoms with Crippen molar-refractivity contribution in [3.8, 4) is 0 Å². The van der Waals surface area contributed by atoms with Gasteiger partial charge in [0.25, 0.3) is 0 Å². The van der Waals surface area contributed by atoms with E-state index < -0.39 is 17.7 Å². The van der Waals surface area contributed by atoms with Crippen LogP contribution in [0, 0.1) is 6.92 Å². The van der Waals surface area contributed by atoms with Gasteiger partial charge in [-0.25, -0.2) is 0 Å². The summed E-state index contributed by atoms with van der Waals surface area (Å²) in [4.78, 5) is 15.8. The largest absolute Gasteiger partial charge is 0.416 e. The third kappa shape index (κ3) is 8.03. The Balaban J connectivity index is 1.65. The van der Waals surface area contributed by atoms with Crippen LogP contribution >= 0.6 is 0 Å². The Hall–Kier alpha value is -3.58. The highest BCUT2D eigenvalue weighted by molar-refractivity contribution is 5.87. The zero-order valence-electron chi connectivity index (χ0n) is 25.0. The van der Waals surface area contributed by atoms with Gasteiger partial charge in [0.15, 0.2) is 0 Å². The third-order valence-electron chi connectivity index (χ3n) is 8.09. The fourth-order valence-electron chi connectivity index (χ4n) is 5.67. The SMILES string of the molecule is CCN(CC)CCCC(C)NC(=O)CC(c1cccc(C(F)(F)F)c1)c1cn(Cc2ccc(C)cc2)c2ccccc12. The first-order valence-corrected chi connectivity index (χ1v) is 14.9. The molecule has 0 spiro atoms. The maximum atomic E-state index is 13.7. The highest BCUT2D eigenvalue weighted by Crippen LogP contribution is 2.38. The van der Waals surface area contributed by atoms with Crippen LogP contribution in [0.3, 0.4) is 0 Å². The number of halogens is 3. The number of hydrogen-bond donors (Lipinski definition) is 1. The maximum absolute atomic E-state index is 13.7. The number of carbonyl (C=O) groups excluding carboxylic acids is 1. The van der Waals surface area contributed by atoms with E-state index in [0.717, 1.165) is 60.6 Å². The lowest BCUT2D eigenvalue weighted by Crippen LogP contribution is -2.34. The van der Waals surface area contributed by atoms with E-state index in [0.29, 0.717) is 12.1 Å². The van der Waals surface area contributed by atoms with Crippen LogP contribution in [0.15, 0.2) is 79.0 Å². The summed E-state index contributed by atoms with van der Waals surface area (Å²) in [7, 11) is 0. The molecule has 0 aliphatic carbocycles. The number of carbonyl (C=O) groups is 1. The second-order valence-corrected chi connectivity index (χ2v) is 11.2. The summed E-state index contributed by atoms with van der Waals surface area (Å²) in [5.41, 5.74) is 3.90. The summed E-state index contributed by atoms with van der Waals surface area (Å²) in [5, 5.41) is 4.06. The molecule has 1 aromatic heterocycles. The van der Waals surface area contributed by atoms with Gasteiger partial charge in [-0.3, -0.25) is 4.79 Å². The molecule has 4 rings (SSSR count). The third-order valence-corrected chi connectivity index (χ3v) is 8.09. The molecular formula is C35H42F3N3O. The molecule has 3 aromatic carbocycles. The molecule has 0 fully saturated rings. The predicted molar refractivity (Wildman–Crippen MR) is 165 cm³/mol. The van der Waals surface area contributed by atoms with Crippen molar-refractivity contribution >= 4 is 16.8 Å². The van der Waals surface area contributed by atoms with Crippen molar-refractivity contribution in [1.29, 1.82) is 0 Å². The van der Waals surface area contributed by atoms with Gasteiger partial charge in [-0.2, -0.15) is 13.2 Å². The van der Waals surface area contributed by atoms with Crippen molar-refractivity contribution in [3.05, 3.63) is 107 Å². The molecule has 4 aromatic rings. The topological polar surface area (TPSA) is 37.3 Å². The quantitative estimate of drug-likeness (QED) is 0.174. The molecule has 0 bridgehead atoms. The number of nitrogens with zero attached hydrogens (tertiary/aromatic N) is 2. The fraction of sp³-hybridized carbons (Fsp3) is 0.400. The number of para-hydroxylation sites is 1. The molecule has 0 aliphatic rings. The van der Waals surface area contributed by atoms with Crippen LogP contribution in [-0.4, -0.2) is 41.1 Å². The molecule has 224 valence electrons. The highest BCUT2D eigenvalue weighted by Gasteiger charge is 2.32. The number of fused-ring (bicyclic) bond motifs is 1. The van der Waals surface area contributed by atoms with Crippen molar-refractivity contribution in [2.45, 2.75) is 71.6 Å². The van der Waals surface area contributed by atoms with Crippen LogP contribution in [0.2, 0.25) is 0 Å². The highest BCUT2D eigenvalue weighted by atomic mass is 19.4. The van der Waals surface area contributed by atoms with Gasteiger partial charge in [-0.1, -0.05) is 80.1 Å². The number of amides is 1. The Morgan fingerprint density at radius 1 is 0.976 bits per heavy atom. The van der Waals surface area contributed by atoms with Gasteiger partial charge in [-0.05, 0) is 75.1 Å². The molecule has 1 heterocycles. The van der Waals surface area contributed by atoms with Gasteiger partial charge >= 0.3 is 6.18 Å². The van der Waals surface area contributed by atoms with Crippen molar-refractivity contribution in [1.82, 2.24) is 14.8 Å². The number of hydrogen-bond acceptors (Lipinski definition) is 2. The summed E-state index contributed by atoms with van der Waals surface area (Å²) in [5.74, 6) is -0.706. The van der Waals surface area contributed by atoms with E-state index in [4.69, 9.17) is 0 Å².